The lowest BCUT2D eigenvalue weighted by molar-refractivity contribution is 0.1000. The zero-order valence-corrected chi connectivity index (χ0v) is 17.8. The molecular weight excluding hydrogens is 416 g/mol. The van der Waals surface area contributed by atoms with Gasteiger partial charge in [-0.25, -0.2) is 13.8 Å². The van der Waals surface area contributed by atoms with Crippen molar-refractivity contribution in [1.82, 2.24) is 9.88 Å². The predicted octanol–water partition coefficient (Wildman–Crippen LogP) is 4.91. The Bertz CT molecular complexity index is 1080. The van der Waals surface area contributed by atoms with E-state index < -0.39 is 5.91 Å². The molecule has 3 aromatic rings. The lowest BCUT2D eigenvalue weighted by atomic mass is 10.0. The van der Waals surface area contributed by atoms with Crippen molar-refractivity contribution < 1.29 is 13.6 Å². The summed E-state index contributed by atoms with van der Waals surface area (Å²) in [6.07, 6.45) is 4.83. The molecule has 2 N–H and O–H groups in total. The van der Waals surface area contributed by atoms with Crippen molar-refractivity contribution in [3.05, 3.63) is 81.2 Å². The average Bonchev–Trinajstić information content (AvgIpc) is 3.20. The van der Waals surface area contributed by atoms with E-state index in [1.807, 2.05) is 0 Å². The first-order chi connectivity index (χ1) is 15.0. The normalized spacial score (nSPS) is 14.6. The van der Waals surface area contributed by atoms with Crippen LogP contribution in [0.15, 0.2) is 54.1 Å². The third-order valence-corrected chi connectivity index (χ3v) is 6.55. The minimum Gasteiger partial charge on any atom is -0.364 e. The number of nitrogens with two attached hydrogens (primary N) is 1. The van der Waals surface area contributed by atoms with Gasteiger partial charge < -0.3 is 10.6 Å². The molecule has 31 heavy (non-hydrogen) atoms. The zero-order chi connectivity index (χ0) is 21.8. The van der Waals surface area contributed by atoms with Crippen LogP contribution in [0.1, 0.15) is 33.1 Å². The highest BCUT2D eigenvalue weighted by Crippen LogP contribution is 2.29. The van der Waals surface area contributed by atoms with Gasteiger partial charge in [0.25, 0.3) is 5.91 Å². The van der Waals surface area contributed by atoms with Crippen molar-refractivity contribution in [3.63, 3.8) is 0 Å². The van der Waals surface area contributed by atoms with Crippen molar-refractivity contribution >= 4 is 23.3 Å². The number of hydrogen-bond donors (Lipinski definition) is 1. The van der Waals surface area contributed by atoms with Gasteiger partial charge in [0, 0.05) is 30.1 Å². The van der Waals surface area contributed by atoms with Crippen molar-refractivity contribution in [1.29, 1.82) is 0 Å². The Morgan fingerprint density at radius 3 is 2.26 bits per heavy atom. The standard InChI is InChI=1S/C24H23F2N3OS/c25-19-5-1-16(2-6-19)15-17-9-12-29(13-10-17)14-11-21-22(28-24(31-21)23(27)30)18-3-7-20(26)8-4-18/h1-8,15H,9-14H2,(H2,27,30). The number of aromatic nitrogens is 1. The average molecular weight is 440 g/mol. The maximum atomic E-state index is 13.3. The number of amides is 1. The summed E-state index contributed by atoms with van der Waals surface area (Å²) in [5, 5.41) is 0.275. The van der Waals surface area contributed by atoms with E-state index in [9.17, 15) is 13.6 Å². The zero-order valence-electron chi connectivity index (χ0n) is 17.0. The number of nitrogens with zero attached hydrogens (tertiary/aromatic N) is 2. The molecule has 4 rings (SSSR count). The molecule has 1 fully saturated rings. The van der Waals surface area contributed by atoms with Gasteiger partial charge in [0.15, 0.2) is 5.01 Å². The van der Waals surface area contributed by atoms with Crippen molar-refractivity contribution in [3.8, 4) is 11.3 Å². The van der Waals surface area contributed by atoms with E-state index in [4.69, 9.17) is 5.73 Å². The molecule has 2 aromatic carbocycles. The number of likely N-dealkylation sites (tertiary alicyclic amines) is 1. The number of piperidine rings is 1. The second-order valence-electron chi connectivity index (χ2n) is 7.61. The van der Waals surface area contributed by atoms with Gasteiger partial charge in [-0.2, -0.15) is 0 Å². The molecule has 0 unspecified atom stereocenters. The molecule has 2 heterocycles. The Morgan fingerprint density at radius 1 is 1.03 bits per heavy atom. The SMILES string of the molecule is NC(=O)c1nc(-c2ccc(F)cc2)c(CCN2CCC(=Cc3ccc(F)cc3)CC2)s1. The summed E-state index contributed by atoms with van der Waals surface area (Å²) >= 11 is 1.31. The molecule has 0 aliphatic carbocycles. The first-order valence-corrected chi connectivity index (χ1v) is 11.0. The third-order valence-electron chi connectivity index (χ3n) is 5.42. The van der Waals surface area contributed by atoms with Crippen LogP contribution in [-0.4, -0.2) is 35.4 Å². The molecule has 1 aromatic heterocycles. The molecule has 0 bridgehead atoms. The molecular formula is C24H23F2N3OS. The highest BCUT2D eigenvalue weighted by Gasteiger charge is 2.19. The van der Waals surface area contributed by atoms with Gasteiger partial charge in [0.1, 0.15) is 11.6 Å². The summed E-state index contributed by atoms with van der Waals surface area (Å²) in [6.45, 7) is 2.74. The second-order valence-corrected chi connectivity index (χ2v) is 8.69. The molecule has 1 saturated heterocycles. The van der Waals surface area contributed by atoms with Crippen LogP contribution < -0.4 is 5.73 Å². The maximum absolute atomic E-state index is 13.3. The first kappa shape index (κ1) is 21.3. The van der Waals surface area contributed by atoms with Crippen LogP contribution in [0.5, 0.6) is 0 Å². The fraction of sp³-hybridized carbons (Fsp3) is 0.250. The largest absolute Gasteiger partial charge is 0.364 e. The smallest absolute Gasteiger partial charge is 0.277 e. The Morgan fingerprint density at radius 2 is 1.65 bits per heavy atom. The molecule has 1 aliphatic heterocycles. The lowest BCUT2D eigenvalue weighted by Gasteiger charge is -2.28. The predicted molar refractivity (Wildman–Crippen MR) is 120 cm³/mol. The van der Waals surface area contributed by atoms with Gasteiger partial charge in [0.2, 0.25) is 0 Å². The van der Waals surface area contributed by atoms with Gasteiger partial charge in [-0.3, -0.25) is 4.79 Å². The highest BCUT2D eigenvalue weighted by atomic mass is 32.1. The monoisotopic (exact) mass is 439 g/mol. The third kappa shape index (κ3) is 5.42. The fourth-order valence-electron chi connectivity index (χ4n) is 3.72. The number of carbonyl (C=O) groups excluding carboxylic acids is 1. The van der Waals surface area contributed by atoms with Crippen LogP contribution >= 0.6 is 11.3 Å². The van der Waals surface area contributed by atoms with Crippen LogP contribution in [0, 0.1) is 11.6 Å². The van der Waals surface area contributed by atoms with E-state index in [-0.39, 0.29) is 16.6 Å². The second kappa shape index (κ2) is 9.49. The van der Waals surface area contributed by atoms with E-state index in [1.54, 1.807) is 24.3 Å². The summed E-state index contributed by atoms with van der Waals surface area (Å²) in [4.78, 5) is 19.4. The molecule has 4 nitrogen and oxygen atoms in total. The lowest BCUT2D eigenvalue weighted by Crippen LogP contribution is -2.32. The van der Waals surface area contributed by atoms with Gasteiger partial charge in [-0.05, 0) is 61.2 Å². The van der Waals surface area contributed by atoms with Crippen molar-refractivity contribution in [2.24, 2.45) is 5.73 Å². The van der Waals surface area contributed by atoms with Crippen LogP contribution in [0.2, 0.25) is 0 Å². The number of benzene rings is 2. The van der Waals surface area contributed by atoms with E-state index >= 15 is 0 Å². The summed E-state index contributed by atoms with van der Waals surface area (Å²) < 4.78 is 26.4. The van der Waals surface area contributed by atoms with Gasteiger partial charge >= 0.3 is 0 Å². The number of rotatable bonds is 6. The summed E-state index contributed by atoms with van der Waals surface area (Å²) in [7, 11) is 0. The van der Waals surface area contributed by atoms with E-state index in [0.717, 1.165) is 54.9 Å². The number of carbonyl (C=O) groups is 1. The molecule has 0 spiro atoms. The minimum atomic E-state index is -0.548. The van der Waals surface area contributed by atoms with E-state index in [2.05, 4.69) is 16.0 Å². The van der Waals surface area contributed by atoms with Gasteiger partial charge in [0.05, 0.1) is 5.69 Å². The van der Waals surface area contributed by atoms with Gasteiger partial charge in [-0.15, -0.1) is 11.3 Å². The number of primary amides is 1. The molecule has 1 aliphatic rings. The van der Waals surface area contributed by atoms with Crippen LogP contribution in [0.25, 0.3) is 17.3 Å². The number of hydrogen-bond acceptors (Lipinski definition) is 4. The molecule has 7 heteroatoms. The minimum absolute atomic E-state index is 0.223. The molecule has 0 saturated carbocycles. The highest BCUT2D eigenvalue weighted by molar-refractivity contribution is 7.14. The fourth-order valence-corrected chi connectivity index (χ4v) is 4.65. The Balaban J connectivity index is 1.40. The number of halogens is 2. The quantitative estimate of drug-likeness (QED) is 0.594. The Labute approximate surface area is 184 Å². The maximum Gasteiger partial charge on any atom is 0.277 e. The van der Waals surface area contributed by atoms with E-state index in [1.165, 1.54) is 41.2 Å². The summed E-state index contributed by atoms with van der Waals surface area (Å²) in [5.74, 6) is -1.08. The molecule has 0 atom stereocenters. The van der Waals surface area contributed by atoms with Crippen LogP contribution in [0.3, 0.4) is 0 Å². The Hall–Kier alpha value is -2.90. The van der Waals surface area contributed by atoms with Crippen LogP contribution in [-0.2, 0) is 6.42 Å². The van der Waals surface area contributed by atoms with Crippen molar-refractivity contribution in [2.45, 2.75) is 19.3 Å². The summed E-state index contributed by atoms with van der Waals surface area (Å²) in [6, 6.07) is 12.7. The van der Waals surface area contributed by atoms with Gasteiger partial charge in [-0.1, -0.05) is 23.8 Å². The number of thiazole rings is 1. The van der Waals surface area contributed by atoms with Crippen LogP contribution in [0.4, 0.5) is 8.78 Å². The topological polar surface area (TPSA) is 59.2 Å². The summed E-state index contributed by atoms with van der Waals surface area (Å²) in [5.41, 5.74) is 9.31. The molecule has 1 amide bonds. The molecule has 160 valence electrons. The first-order valence-electron chi connectivity index (χ1n) is 10.2. The van der Waals surface area contributed by atoms with E-state index in [0.29, 0.717) is 5.69 Å². The van der Waals surface area contributed by atoms with Crippen molar-refractivity contribution in [2.75, 3.05) is 19.6 Å². The molecule has 0 radical (unpaired) electrons. The Kier molecular flexibility index (Phi) is 6.53.